The SMILES string of the molecule is CC(C)(O)Cc1cc2cccc(C(F)(F)F)c2o1. The first-order chi connectivity index (χ1) is 8.17. The van der Waals surface area contributed by atoms with E-state index in [1.54, 1.807) is 19.9 Å². The number of halogens is 3. The first-order valence-electron chi connectivity index (χ1n) is 5.48. The Morgan fingerprint density at radius 2 is 1.89 bits per heavy atom. The maximum absolute atomic E-state index is 12.8. The second kappa shape index (κ2) is 4.02. The van der Waals surface area contributed by atoms with Crippen LogP contribution in [0.1, 0.15) is 25.2 Å². The van der Waals surface area contributed by atoms with Crippen LogP contribution >= 0.6 is 0 Å². The molecule has 2 aromatic rings. The second-order valence-corrected chi connectivity index (χ2v) is 4.92. The van der Waals surface area contributed by atoms with E-state index in [-0.39, 0.29) is 12.0 Å². The summed E-state index contributed by atoms with van der Waals surface area (Å²) in [5, 5.41) is 10.0. The van der Waals surface area contributed by atoms with Crippen LogP contribution in [0.3, 0.4) is 0 Å². The van der Waals surface area contributed by atoms with Gasteiger partial charge in [-0.25, -0.2) is 0 Å². The molecule has 0 spiro atoms. The predicted molar refractivity (Wildman–Crippen MR) is 61.2 cm³/mol. The van der Waals surface area contributed by atoms with Crippen molar-refractivity contribution >= 4 is 11.0 Å². The summed E-state index contributed by atoms with van der Waals surface area (Å²) in [6.45, 7) is 3.15. The topological polar surface area (TPSA) is 33.4 Å². The zero-order valence-electron chi connectivity index (χ0n) is 10.0. The zero-order chi connectivity index (χ0) is 13.6. The van der Waals surface area contributed by atoms with Crippen LogP contribution in [0.25, 0.3) is 11.0 Å². The number of hydrogen-bond donors (Lipinski definition) is 1. The minimum Gasteiger partial charge on any atom is -0.460 e. The van der Waals surface area contributed by atoms with Crippen LogP contribution in [0.15, 0.2) is 28.7 Å². The number of furan rings is 1. The third-order valence-electron chi connectivity index (χ3n) is 2.51. The lowest BCUT2D eigenvalue weighted by Crippen LogP contribution is -2.21. The summed E-state index contributed by atoms with van der Waals surface area (Å²) in [6.07, 6.45) is -4.28. The van der Waals surface area contributed by atoms with Crippen LogP contribution in [-0.2, 0) is 12.6 Å². The molecule has 0 atom stereocenters. The van der Waals surface area contributed by atoms with E-state index in [1.807, 2.05) is 0 Å². The van der Waals surface area contributed by atoms with Crippen LogP contribution in [0.5, 0.6) is 0 Å². The first kappa shape index (κ1) is 13.0. The Morgan fingerprint density at radius 1 is 1.22 bits per heavy atom. The summed E-state index contributed by atoms with van der Waals surface area (Å²) in [5.41, 5.74) is -1.99. The molecule has 0 amide bonds. The summed E-state index contributed by atoms with van der Waals surface area (Å²) in [5.74, 6) is 0.342. The van der Waals surface area contributed by atoms with Crippen molar-refractivity contribution in [2.24, 2.45) is 0 Å². The van der Waals surface area contributed by atoms with Gasteiger partial charge in [-0.2, -0.15) is 13.2 Å². The third kappa shape index (κ3) is 2.67. The molecular weight excluding hydrogens is 245 g/mol. The van der Waals surface area contributed by atoms with Gasteiger partial charge in [0.05, 0.1) is 11.2 Å². The van der Waals surface area contributed by atoms with Crippen molar-refractivity contribution in [1.82, 2.24) is 0 Å². The lowest BCUT2D eigenvalue weighted by molar-refractivity contribution is -0.136. The molecule has 0 saturated heterocycles. The molecule has 0 aliphatic carbocycles. The molecule has 0 radical (unpaired) electrons. The number of hydrogen-bond acceptors (Lipinski definition) is 2. The van der Waals surface area contributed by atoms with Gasteiger partial charge in [0.2, 0.25) is 0 Å². The van der Waals surface area contributed by atoms with E-state index >= 15 is 0 Å². The highest BCUT2D eigenvalue weighted by molar-refractivity contribution is 5.81. The Balaban J connectivity index is 2.52. The molecule has 0 saturated carbocycles. The Kier molecular flexibility index (Phi) is 2.89. The van der Waals surface area contributed by atoms with Gasteiger partial charge in [-0.15, -0.1) is 0 Å². The highest BCUT2D eigenvalue weighted by atomic mass is 19.4. The quantitative estimate of drug-likeness (QED) is 0.889. The predicted octanol–water partition coefficient (Wildman–Crippen LogP) is 3.77. The van der Waals surface area contributed by atoms with E-state index in [0.29, 0.717) is 11.1 Å². The number of alkyl halides is 3. The lowest BCUT2D eigenvalue weighted by atomic mass is 10.0. The van der Waals surface area contributed by atoms with E-state index < -0.39 is 17.3 Å². The van der Waals surface area contributed by atoms with Crippen molar-refractivity contribution in [3.8, 4) is 0 Å². The smallest absolute Gasteiger partial charge is 0.420 e. The Labute approximate surface area is 102 Å². The first-order valence-corrected chi connectivity index (χ1v) is 5.48. The molecule has 2 nitrogen and oxygen atoms in total. The van der Waals surface area contributed by atoms with Gasteiger partial charge in [0.25, 0.3) is 0 Å². The van der Waals surface area contributed by atoms with Crippen LogP contribution in [0, 0.1) is 0 Å². The fraction of sp³-hybridized carbons (Fsp3) is 0.385. The highest BCUT2D eigenvalue weighted by Crippen LogP contribution is 2.36. The van der Waals surface area contributed by atoms with Crippen molar-refractivity contribution in [3.63, 3.8) is 0 Å². The van der Waals surface area contributed by atoms with Crippen molar-refractivity contribution in [2.75, 3.05) is 0 Å². The van der Waals surface area contributed by atoms with Crippen LogP contribution in [0.4, 0.5) is 13.2 Å². The molecule has 0 fully saturated rings. The van der Waals surface area contributed by atoms with Crippen LogP contribution in [-0.4, -0.2) is 10.7 Å². The fourth-order valence-corrected chi connectivity index (χ4v) is 1.85. The maximum atomic E-state index is 12.8. The summed E-state index contributed by atoms with van der Waals surface area (Å²) >= 11 is 0. The summed E-state index contributed by atoms with van der Waals surface area (Å²) in [7, 11) is 0. The fourth-order valence-electron chi connectivity index (χ4n) is 1.85. The highest BCUT2D eigenvalue weighted by Gasteiger charge is 2.34. The van der Waals surface area contributed by atoms with Gasteiger partial charge in [-0.1, -0.05) is 12.1 Å². The summed E-state index contributed by atoms with van der Waals surface area (Å²) < 4.78 is 43.5. The summed E-state index contributed by atoms with van der Waals surface area (Å²) in [6, 6.07) is 5.42. The number of rotatable bonds is 2. The molecule has 0 unspecified atom stereocenters. The molecule has 1 heterocycles. The number of para-hydroxylation sites is 1. The number of fused-ring (bicyclic) bond motifs is 1. The molecule has 1 N–H and O–H groups in total. The number of benzene rings is 1. The van der Waals surface area contributed by atoms with Crippen molar-refractivity contribution in [1.29, 1.82) is 0 Å². The average Bonchev–Trinajstić information content (AvgIpc) is 2.53. The standard InChI is InChI=1S/C13H13F3O2/c1-12(2,17)7-9-6-8-4-3-5-10(11(8)18-9)13(14,15)16/h3-6,17H,7H2,1-2H3. The Hall–Kier alpha value is -1.49. The zero-order valence-corrected chi connectivity index (χ0v) is 10.0. The van der Waals surface area contributed by atoms with Gasteiger partial charge in [0.15, 0.2) is 0 Å². The van der Waals surface area contributed by atoms with Gasteiger partial charge in [-0.3, -0.25) is 0 Å². The van der Waals surface area contributed by atoms with Gasteiger partial charge < -0.3 is 9.52 Å². The van der Waals surface area contributed by atoms with Crippen molar-refractivity contribution < 1.29 is 22.7 Å². The van der Waals surface area contributed by atoms with E-state index in [0.717, 1.165) is 6.07 Å². The molecular formula is C13H13F3O2. The van der Waals surface area contributed by atoms with E-state index in [4.69, 9.17) is 4.42 Å². The molecule has 98 valence electrons. The second-order valence-electron chi connectivity index (χ2n) is 4.92. The minimum atomic E-state index is -4.44. The monoisotopic (exact) mass is 258 g/mol. The molecule has 1 aromatic carbocycles. The van der Waals surface area contributed by atoms with E-state index in [9.17, 15) is 18.3 Å². The van der Waals surface area contributed by atoms with Gasteiger partial charge in [-0.05, 0) is 26.0 Å². The molecule has 5 heteroatoms. The minimum absolute atomic E-state index is 0.166. The molecule has 18 heavy (non-hydrogen) atoms. The van der Waals surface area contributed by atoms with Gasteiger partial charge in [0, 0.05) is 11.8 Å². The largest absolute Gasteiger partial charge is 0.460 e. The van der Waals surface area contributed by atoms with E-state index in [2.05, 4.69) is 0 Å². The van der Waals surface area contributed by atoms with Crippen LogP contribution < -0.4 is 0 Å². The molecule has 1 aromatic heterocycles. The Bertz CT molecular complexity index is 562. The van der Waals surface area contributed by atoms with Gasteiger partial charge >= 0.3 is 6.18 Å². The average molecular weight is 258 g/mol. The molecule has 0 bridgehead atoms. The molecule has 0 aliphatic rings. The normalized spacial score (nSPS) is 13.2. The lowest BCUT2D eigenvalue weighted by Gasteiger charge is -2.14. The van der Waals surface area contributed by atoms with Gasteiger partial charge in [0.1, 0.15) is 11.3 Å². The number of aliphatic hydroxyl groups is 1. The molecule has 2 rings (SSSR count). The maximum Gasteiger partial charge on any atom is 0.420 e. The van der Waals surface area contributed by atoms with Crippen molar-refractivity contribution in [2.45, 2.75) is 32.0 Å². The molecule has 0 aliphatic heterocycles. The summed E-state index contributed by atoms with van der Waals surface area (Å²) in [4.78, 5) is 0. The van der Waals surface area contributed by atoms with E-state index in [1.165, 1.54) is 12.1 Å². The third-order valence-corrected chi connectivity index (χ3v) is 2.51. The van der Waals surface area contributed by atoms with Crippen LogP contribution in [0.2, 0.25) is 0 Å². The Morgan fingerprint density at radius 3 is 2.44 bits per heavy atom. The van der Waals surface area contributed by atoms with Crippen molar-refractivity contribution in [3.05, 3.63) is 35.6 Å².